The van der Waals surface area contributed by atoms with E-state index in [4.69, 9.17) is 15.1 Å². The zero-order chi connectivity index (χ0) is 8.86. The summed E-state index contributed by atoms with van der Waals surface area (Å²) in [5.41, 5.74) is -0.305. The Hall–Kier alpha value is -0.590. The first kappa shape index (κ1) is 9.50. The Bertz CT molecular complexity index is 168. The molecule has 12 heavy (non-hydrogen) atoms. The largest absolute Gasteiger partial charge is 0.396 e. The monoisotopic (exact) mass is 169 g/mol. The van der Waals surface area contributed by atoms with Gasteiger partial charge in [-0.25, -0.2) is 0 Å². The zero-order valence-electron chi connectivity index (χ0n) is 7.25. The fourth-order valence-electron chi connectivity index (χ4n) is 1.61. The minimum absolute atomic E-state index is 0.170. The lowest BCUT2D eigenvalue weighted by molar-refractivity contribution is 0.0152. The second-order valence-corrected chi connectivity index (χ2v) is 3.38. The fourth-order valence-corrected chi connectivity index (χ4v) is 1.61. The van der Waals surface area contributed by atoms with E-state index in [2.05, 4.69) is 6.07 Å². The van der Waals surface area contributed by atoms with Crippen LogP contribution >= 0.6 is 0 Å². The Morgan fingerprint density at radius 2 is 2.42 bits per heavy atom. The van der Waals surface area contributed by atoms with Crippen molar-refractivity contribution in [2.45, 2.75) is 25.7 Å². The number of nitrogens with zero attached hydrogens (tertiary/aromatic N) is 1. The van der Waals surface area contributed by atoms with Crippen LogP contribution in [-0.2, 0) is 4.74 Å². The van der Waals surface area contributed by atoms with Gasteiger partial charge >= 0.3 is 0 Å². The number of aliphatic hydroxyl groups is 1. The molecule has 1 aliphatic heterocycles. The molecule has 0 aromatic carbocycles. The van der Waals surface area contributed by atoms with Crippen LogP contribution in [0.1, 0.15) is 25.7 Å². The third-order valence-corrected chi connectivity index (χ3v) is 2.37. The molecule has 1 heterocycles. The molecular weight excluding hydrogens is 154 g/mol. The van der Waals surface area contributed by atoms with Crippen LogP contribution in [0.15, 0.2) is 0 Å². The van der Waals surface area contributed by atoms with Crippen LogP contribution in [0.5, 0.6) is 0 Å². The maximum Gasteiger partial charge on any atom is 0.0808 e. The van der Waals surface area contributed by atoms with Crippen molar-refractivity contribution in [3.05, 3.63) is 0 Å². The van der Waals surface area contributed by atoms with Gasteiger partial charge in [0.2, 0.25) is 0 Å². The van der Waals surface area contributed by atoms with Crippen molar-refractivity contribution in [2.24, 2.45) is 5.41 Å². The Labute approximate surface area is 73.0 Å². The lowest BCUT2D eigenvalue weighted by Crippen LogP contribution is -2.30. The Balaban J connectivity index is 2.44. The van der Waals surface area contributed by atoms with Crippen molar-refractivity contribution in [1.82, 2.24) is 0 Å². The second-order valence-electron chi connectivity index (χ2n) is 3.38. The summed E-state index contributed by atoms with van der Waals surface area (Å²) in [5.74, 6) is 0. The highest BCUT2D eigenvalue weighted by atomic mass is 16.5. The SMILES string of the molecule is N#CC1(CCCO)CCCOC1. The molecule has 3 nitrogen and oxygen atoms in total. The smallest absolute Gasteiger partial charge is 0.0808 e. The molecule has 1 atom stereocenters. The van der Waals surface area contributed by atoms with E-state index in [0.29, 0.717) is 13.0 Å². The first-order valence-corrected chi connectivity index (χ1v) is 4.43. The highest BCUT2D eigenvalue weighted by molar-refractivity contribution is 5.00. The van der Waals surface area contributed by atoms with E-state index in [9.17, 15) is 0 Å². The van der Waals surface area contributed by atoms with Crippen LogP contribution in [0.25, 0.3) is 0 Å². The Kier molecular flexibility index (Phi) is 3.51. The van der Waals surface area contributed by atoms with Gasteiger partial charge < -0.3 is 9.84 Å². The maximum absolute atomic E-state index is 8.96. The highest BCUT2D eigenvalue weighted by Crippen LogP contribution is 2.32. The van der Waals surface area contributed by atoms with Crippen molar-refractivity contribution in [3.8, 4) is 6.07 Å². The van der Waals surface area contributed by atoms with E-state index in [-0.39, 0.29) is 12.0 Å². The van der Waals surface area contributed by atoms with Crippen LogP contribution in [-0.4, -0.2) is 24.9 Å². The van der Waals surface area contributed by atoms with E-state index in [1.165, 1.54) is 0 Å². The van der Waals surface area contributed by atoms with Crippen molar-refractivity contribution in [2.75, 3.05) is 19.8 Å². The molecule has 1 aliphatic rings. The third-order valence-electron chi connectivity index (χ3n) is 2.37. The molecule has 0 saturated carbocycles. The minimum atomic E-state index is -0.305. The molecule has 68 valence electrons. The highest BCUT2D eigenvalue weighted by Gasteiger charge is 2.32. The number of hydrogen-bond acceptors (Lipinski definition) is 3. The van der Waals surface area contributed by atoms with Crippen LogP contribution in [0.4, 0.5) is 0 Å². The molecule has 0 spiro atoms. The van der Waals surface area contributed by atoms with Gasteiger partial charge in [0.15, 0.2) is 0 Å². The van der Waals surface area contributed by atoms with Crippen molar-refractivity contribution < 1.29 is 9.84 Å². The normalized spacial score (nSPS) is 29.7. The molecule has 1 fully saturated rings. The summed E-state index contributed by atoms with van der Waals surface area (Å²) >= 11 is 0. The summed E-state index contributed by atoms with van der Waals surface area (Å²) in [6.07, 6.45) is 3.36. The second kappa shape index (κ2) is 4.44. The van der Waals surface area contributed by atoms with Gasteiger partial charge in [0.1, 0.15) is 0 Å². The van der Waals surface area contributed by atoms with Crippen molar-refractivity contribution >= 4 is 0 Å². The predicted octanol–water partition coefficient (Wildman–Crippen LogP) is 1.08. The van der Waals surface area contributed by atoms with Crippen LogP contribution in [0, 0.1) is 16.7 Å². The van der Waals surface area contributed by atoms with Crippen LogP contribution in [0.3, 0.4) is 0 Å². The van der Waals surface area contributed by atoms with Gasteiger partial charge in [0.25, 0.3) is 0 Å². The maximum atomic E-state index is 8.96. The lowest BCUT2D eigenvalue weighted by atomic mass is 9.80. The minimum Gasteiger partial charge on any atom is -0.396 e. The van der Waals surface area contributed by atoms with E-state index in [1.807, 2.05) is 0 Å². The summed E-state index contributed by atoms with van der Waals surface area (Å²) in [6.45, 7) is 1.50. The van der Waals surface area contributed by atoms with Crippen LogP contribution in [0.2, 0.25) is 0 Å². The molecule has 0 amide bonds. The van der Waals surface area contributed by atoms with Gasteiger partial charge in [-0.1, -0.05) is 0 Å². The topological polar surface area (TPSA) is 53.2 Å². The summed E-state index contributed by atoms with van der Waals surface area (Å²) < 4.78 is 5.27. The van der Waals surface area contributed by atoms with Crippen LogP contribution < -0.4 is 0 Å². The first-order chi connectivity index (χ1) is 5.83. The molecule has 3 heteroatoms. The summed E-state index contributed by atoms with van der Waals surface area (Å²) in [7, 11) is 0. The molecule has 1 N–H and O–H groups in total. The summed E-state index contributed by atoms with van der Waals surface area (Å²) in [6, 6.07) is 2.32. The van der Waals surface area contributed by atoms with E-state index in [1.54, 1.807) is 0 Å². The van der Waals surface area contributed by atoms with Gasteiger partial charge in [-0.15, -0.1) is 0 Å². The van der Waals surface area contributed by atoms with Crippen molar-refractivity contribution in [3.63, 3.8) is 0 Å². The lowest BCUT2D eigenvalue weighted by Gasteiger charge is -2.30. The van der Waals surface area contributed by atoms with Gasteiger partial charge in [-0.05, 0) is 25.7 Å². The quantitative estimate of drug-likeness (QED) is 0.687. The molecule has 1 unspecified atom stereocenters. The van der Waals surface area contributed by atoms with Crippen molar-refractivity contribution in [1.29, 1.82) is 5.26 Å². The number of hydrogen-bond donors (Lipinski definition) is 1. The summed E-state index contributed by atoms with van der Waals surface area (Å²) in [5, 5.41) is 17.6. The van der Waals surface area contributed by atoms with Gasteiger partial charge in [-0.2, -0.15) is 5.26 Å². The molecule has 0 aromatic heterocycles. The molecule has 0 aromatic rings. The number of aliphatic hydroxyl groups excluding tert-OH is 1. The zero-order valence-corrected chi connectivity index (χ0v) is 7.25. The van der Waals surface area contributed by atoms with Gasteiger partial charge in [-0.3, -0.25) is 0 Å². The van der Waals surface area contributed by atoms with E-state index < -0.39 is 0 Å². The van der Waals surface area contributed by atoms with Gasteiger partial charge in [0, 0.05) is 13.2 Å². The molecule has 0 radical (unpaired) electrons. The standard InChI is InChI=1S/C9H15NO2/c10-7-9(3-1-5-11)4-2-6-12-8-9/h11H,1-6,8H2. The average Bonchev–Trinajstić information content (AvgIpc) is 2.16. The van der Waals surface area contributed by atoms with Gasteiger partial charge in [0.05, 0.1) is 18.1 Å². The number of ether oxygens (including phenoxy) is 1. The molecule has 0 aliphatic carbocycles. The molecule has 1 saturated heterocycles. The fraction of sp³-hybridized carbons (Fsp3) is 0.889. The third kappa shape index (κ3) is 2.20. The van der Waals surface area contributed by atoms with E-state index >= 15 is 0 Å². The average molecular weight is 169 g/mol. The summed E-state index contributed by atoms with van der Waals surface area (Å²) in [4.78, 5) is 0. The molecular formula is C9H15NO2. The predicted molar refractivity (Wildman–Crippen MR) is 44.4 cm³/mol. The first-order valence-electron chi connectivity index (χ1n) is 4.43. The number of rotatable bonds is 3. The number of nitriles is 1. The molecule has 0 bridgehead atoms. The Morgan fingerprint density at radius 1 is 1.58 bits per heavy atom. The molecule has 1 rings (SSSR count). The van der Waals surface area contributed by atoms with E-state index in [0.717, 1.165) is 25.9 Å². The Morgan fingerprint density at radius 3 is 2.92 bits per heavy atom.